The van der Waals surface area contributed by atoms with Crippen molar-refractivity contribution in [1.82, 2.24) is 4.90 Å². The van der Waals surface area contributed by atoms with Crippen molar-refractivity contribution in [3.8, 4) is 0 Å². The molecule has 0 aromatic heterocycles. The zero-order valence-electron chi connectivity index (χ0n) is 13.4. The highest BCUT2D eigenvalue weighted by Gasteiger charge is 2.28. The Bertz CT molecular complexity index is 375. The van der Waals surface area contributed by atoms with E-state index in [1.54, 1.807) is 0 Å². The summed E-state index contributed by atoms with van der Waals surface area (Å²) in [5, 5.41) is 0. The van der Waals surface area contributed by atoms with Crippen molar-refractivity contribution in [2.75, 3.05) is 13.6 Å². The van der Waals surface area contributed by atoms with Gasteiger partial charge in [-0.1, -0.05) is 52.0 Å². The summed E-state index contributed by atoms with van der Waals surface area (Å²) in [5.41, 5.74) is 8.97. The standard InChI is InChI=1S/C17H30N2/c1-7-14-8-10-15(11-9-14)16(12-18)19(6)13(2)17(3,4)5/h8-11,13,16H,7,12,18H2,1-6H3. The van der Waals surface area contributed by atoms with Crippen molar-refractivity contribution < 1.29 is 0 Å². The first-order valence-electron chi connectivity index (χ1n) is 7.32. The van der Waals surface area contributed by atoms with Gasteiger partial charge in [0.25, 0.3) is 0 Å². The Kier molecular flexibility index (Phi) is 5.57. The third-order valence-electron chi connectivity index (χ3n) is 4.35. The monoisotopic (exact) mass is 262 g/mol. The van der Waals surface area contributed by atoms with Crippen LogP contribution in [0.5, 0.6) is 0 Å². The number of hydrogen-bond acceptors (Lipinski definition) is 2. The Morgan fingerprint density at radius 1 is 1.16 bits per heavy atom. The van der Waals surface area contributed by atoms with Crippen LogP contribution >= 0.6 is 0 Å². The van der Waals surface area contributed by atoms with Gasteiger partial charge in [-0.05, 0) is 36.9 Å². The van der Waals surface area contributed by atoms with Crippen LogP contribution in [0, 0.1) is 5.41 Å². The van der Waals surface area contributed by atoms with E-state index in [1.165, 1.54) is 11.1 Å². The Labute approximate surface area is 119 Å². The fourth-order valence-corrected chi connectivity index (χ4v) is 2.39. The Balaban J connectivity index is 2.92. The summed E-state index contributed by atoms with van der Waals surface area (Å²) in [4.78, 5) is 2.40. The number of aryl methyl sites for hydroxylation is 1. The molecule has 19 heavy (non-hydrogen) atoms. The molecule has 2 unspecified atom stereocenters. The van der Waals surface area contributed by atoms with Crippen molar-refractivity contribution in [1.29, 1.82) is 0 Å². The summed E-state index contributed by atoms with van der Waals surface area (Å²) in [6, 6.07) is 9.65. The maximum Gasteiger partial charge on any atom is 0.0470 e. The lowest BCUT2D eigenvalue weighted by molar-refractivity contribution is 0.100. The predicted octanol–water partition coefficient (Wildman–Crippen LogP) is 3.62. The van der Waals surface area contributed by atoms with Gasteiger partial charge >= 0.3 is 0 Å². The van der Waals surface area contributed by atoms with E-state index in [1.807, 2.05) is 0 Å². The van der Waals surface area contributed by atoms with Crippen molar-refractivity contribution in [3.05, 3.63) is 35.4 Å². The van der Waals surface area contributed by atoms with E-state index in [9.17, 15) is 0 Å². The lowest BCUT2D eigenvalue weighted by Gasteiger charge is -2.40. The Morgan fingerprint density at radius 2 is 1.68 bits per heavy atom. The van der Waals surface area contributed by atoms with Crippen LogP contribution in [0.1, 0.15) is 51.8 Å². The minimum Gasteiger partial charge on any atom is -0.329 e. The van der Waals surface area contributed by atoms with Crippen LogP contribution in [-0.4, -0.2) is 24.5 Å². The molecule has 0 aliphatic heterocycles. The highest BCUT2D eigenvalue weighted by molar-refractivity contribution is 5.25. The van der Waals surface area contributed by atoms with E-state index < -0.39 is 0 Å². The van der Waals surface area contributed by atoms with Crippen LogP contribution in [0.3, 0.4) is 0 Å². The summed E-state index contributed by atoms with van der Waals surface area (Å²) in [7, 11) is 2.18. The average Bonchev–Trinajstić information content (AvgIpc) is 2.38. The zero-order valence-corrected chi connectivity index (χ0v) is 13.4. The molecule has 0 saturated carbocycles. The number of nitrogens with two attached hydrogens (primary N) is 1. The fraction of sp³-hybridized carbons (Fsp3) is 0.647. The predicted molar refractivity (Wildman–Crippen MR) is 84.3 cm³/mol. The van der Waals surface area contributed by atoms with Crippen LogP contribution in [0.2, 0.25) is 0 Å². The summed E-state index contributed by atoms with van der Waals surface area (Å²) < 4.78 is 0. The van der Waals surface area contributed by atoms with Crippen molar-refractivity contribution >= 4 is 0 Å². The van der Waals surface area contributed by atoms with Crippen LogP contribution in [0.15, 0.2) is 24.3 Å². The highest BCUT2D eigenvalue weighted by atomic mass is 15.2. The summed E-state index contributed by atoms with van der Waals surface area (Å²) in [6.07, 6.45) is 1.09. The number of nitrogens with zero attached hydrogens (tertiary/aromatic N) is 1. The summed E-state index contributed by atoms with van der Waals surface area (Å²) >= 11 is 0. The molecule has 0 saturated heterocycles. The minimum atomic E-state index is 0.255. The molecule has 1 aromatic carbocycles. The molecule has 0 radical (unpaired) electrons. The van der Waals surface area contributed by atoms with Crippen LogP contribution in [-0.2, 0) is 6.42 Å². The van der Waals surface area contributed by atoms with Gasteiger partial charge < -0.3 is 5.73 Å². The molecule has 0 aliphatic carbocycles. The molecule has 1 rings (SSSR count). The number of rotatable bonds is 5. The molecule has 2 heteroatoms. The molecule has 108 valence electrons. The molecule has 2 nitrogen and oxygen atoms in total. The number of benzene rings is 1. The van der Waals surface area contributed by atoms with Gasteiger partial charge in [0.15, 0.2) is 0 Å². The van der Waals surface area contributed by atoms with Gasteiger partial charge in [0, 0.05) is 18.6 Å². The maximum absolute atomic E-state index is 6.02. The summed E-state index contributed by atoms with van der Waals surface area (Å²) in [5.74, 6) is 0. The van der Waals surface area contributed by atoms with Crippen LogP contribution in [0.4, 0.5) is 0 Å². The molecule has 1 aromatic rings. The Morgan fingerprint density at radius 3 is 2.05 bits per heavy atom. The molecule has 0 amide bonds. The van der Waals surface area contributed by atoms with Gasteiger partial charge in [0.1, 0.15) is 0 Å². The van der Waals surface area contributed by atoms with E-state index >= 15 is 0 Å². The van der Waals surface area contributed by atoms with E-state index in [-0.39, 0.29) is 5.41 Å². The van der Waals surface area contributed by atoms with Gasteiger partial charge in [-0.2, -0.15) is 0 Å². The lowest BCUT2D eigenvalue weighted by Crippen LogP contribution is -2.43. The smallest absolute Gasteiger partial charge is 0.0470 e. The van der Waals surface area contributed by atoms with E-state index in [0.717, 1.165) is 6.42 Å². The molecule has 0 aliphatic rings. The Hall–Kier alpha value is -0.860. The molecule has 0 spiro atoms. The van der Waals surface area contributed by atoms with Gasteiger partial charge in [-0.15, -0.1) is 0 Å². The third-order valence-corrected chi connectivity index (χ3v) is 4.35. The van der Waals surface area contributed by atoms with E-state index in [0.29, 0.717) is 18.6 Å². The van der Waals surface area contributed by atoms with E-state index in [4.69, 9.17) is 5.73 Å². The normalized spacial score (nSPS) is 15.6. The summed E-state index contributed by atoms with van der Waals surface area (Å²) in [6.45, 7) is 12.0. The molecule has 0 fully saturated rings. The van der Waals surface area contributed by atoms with Crippen molar-refractivity contribution in [2.24, 2.45) is 11.1 Å². The zero-order chi connectivity index (χ0) is 14.6. The quantitative estimate of drug-likeness (QED) is 0.878. The first-order chi connectivity index (χ1) is 8.81. The molecule has 2 atom stereocenters. The van der Waals surface area contributed by atoms with Crippen LogP contribution < -0.4 is 5.73 Å². The molecule has 2 N–H and O–H groups in total. The largest absolute Gasteiger partial charge is 0.329 e. The second-order valence-electron chi connectivity index (χ2n) is 6.55. The highest BCUT2D eigenvalue weighted by Crippen LogP contribution is 2.29. The van der Waals surface area contributed by atoms with Gasteiger partial charge in [0.2, 0.25) is 0 Å². The van der Waals surface area contributed by atoms with Gasteiger partial charge in [0.05, 0.1) is 0 Å². The van der Waals surface area contributed by atoms with Crippen LogP contribution in [0.25, 0.3) is 0 Å². The maximum atomic E-state index is 6.02. The topological polar surface area (TPSA) is 29.3 Å². The first kappa shape index (κ1) is 16.2. The fourth-order valence-electron chi connectivity index (χ4n) is 2.39. The van der Waals surface area contributed by atoms with Gasteiger partial charge in [-0.3, -0.25) is 4.90 Å². The number of hydrogen-bond donors (Lipinski definition) is 1. The average molecular weight is 262 g/mol. The lowest BCUT2D eigenvalue weighted by atomic mass is 9.86. The molecule has 0 heterocycles. The van der Waals surface area contributed by atoms with Crippen molar-refractivity contribution in [2.45, 2.75) is 53.1 Å². The molecular weight excluding hydrogens is 232 g/mol. The second-order valence-corrected chi connectivity index (χ2v) is 6.55. The van der Waals surface area contributed by atoms with Gasteiger partial charge in [-0.25, -0.2) is 0 Å². The minimum absolute atomic E-state index is 0.255. The SMILES string of the molecule is CCc1ccc(C(CN)N(C)C(C)C(C)(C)C)cc1. The molecule has 0 bridgehead atoms. The first-order valence-corrected chi connectivity index (χ1v) is 7.32. The second kappa shape index (κ2) is 6.53. The van der Waals surface area contributed by atoms with E-state index in [2.05, 4.69) is 70.8 Å². The molecular formula is C17H30N2. The third kappa shape index (κ3) is 4.05. The number of likely N-dealkylation sites (N-methyl/N-ethyl adjacent to an activating group) is 1. The van der Waals surface area contributed by atoms with Crippen molar-refractivity contribution in [3.63, 3.8) is 0 Å².